The third kappa shape index (κ3) is 2.51. The fourth-order valence-corrected chi connectivity index (χ4v) is 7.66. The second-order valence-corrected chi connectivity index (χ2v) is 12.7. The molecule has 0 aromatic heterocycles. The van der Waals surface area contributed by atoms with E-state index in [0.717, 1.165) is 0 Å². The van der Waals surface area contributed by atoms with Crippen LogP contribution < -0.4 is 5.19 Å². The maximum atomic E-state index is 2.50. The third-order valence-corrected chi connectivity index (χ3v) is 9.46. The first-order valence-electron chi connectivity index (χ1n) is 12.4. The highest BCUT2D eigenvalue weighted by Crippen LogP contribution is 2.43. The smallest absolute Gasteiger partial charge is 0.0671 e. The van der Waals surface area contributed by atoms with Crippen molar-refractivity contribution >= 4 is 78.6 Å². The highest BCUT2D eigenvalue weighted by molar-refractivity contribution is 6.73. The van der Waals surface area contributed by atoms with Crippen molar-refractivity contribution in [3.05, 3.63) is 103 Å². The summed E-state index contributed by atoms with van der Waals surface area (Å²) in [5.74, 6) is 0. The molecular formula is C34H23Si. The van der Waals surface area contributed by atoms with Crippen LogP contribution in [0, 0.1) is 0 Å². The van der Waals surface area contributed by atoms with E-state index < -0.39 is 8.80 Å². The van der Waals surface area contributed by atoms with Gasteiger partial charge in [-0.15, -0.1) is 0 Å². The van der Waals surface area contributed by atoms with Crippen LogP contribution in [-0.2, 0) is 0 Å². The van der Waals surface area contributed by atoms with Crippen molar-refractivity contribution in [2.24, 2.45) is 0 Å². The molecule has 8 aromatic rings. The highest BCUT2D eigenvalue weighted by atomic mass is 28.3. The minimum atomic E-state index is -0.705. The predicted molar refractivity (Wildman–Crippen MR) is 156 cm³/mol. The summed E-state index contributed by atoms with van der Waals surface area (Å²) >= 11 is 0. The van der Waals surface area contributed by atoms with Gasteiger partial charge in [-0.1, -0.05) is 121 Å². The summed E-state index contributed by atoms with van der Waals surface area (Å²) in [5, 5.41) is 17.9. The van der Waals surface area contributed by atoms with Crippen molar-refractivity contribution in [3.63, 3.8) is 0 Å². The Morgan fingerprint density at radius 2 is 0.886 bits per heavy atom. The van der Waals surface area contributed by atoms with Crippen molar-refractivity contribution in [1.82, 2.24) is 0 Å². The first-order valence-corrected chi connectivity index (χ1v) is 14.9. The van der Waals surface area contributed by atoms with Crippen LogP contribution in [0.4, 0.5) is 0 Å². The Morgan fingerprint density at radius 1 is 0.429 bits per heavy atom. The Bertz CT molecular complexity index is 2050. The molecule has 0 heterocycles. The second-order valence-electron chi connectivity index (χ2n) is 10.1. The van der Waals surface area contributed by atoms with Crippen molar-refractivity contribution in [2.45, 2.75) is 13.1 Å². The summed E-state index contributed by atoms with van der Waals surface area (Å²) in [4.78, 5) is 0. The largest absolute Gasteiger partial charge is 0.0800 e. The van der Waals surface area contributed by atoms with Crippen molar-refractivity contribution in [1.29, 1.82) is 0 Å². The van der Waals surface area contributed by atoms with E-state index in [1.165, 1.54) is 80.9 Å². The minimum Gasteiger partial charge on any atom is -0.0671 e. The summed E-state index contributed by atoms with van der Waals surface area (Å²) in [6.45, 7) is 4.86. The zero-order valence-electron chi connectivity index (χ0n) is 19.8. The Hall–Kier alpha value is -3.94. The standard InChI is InChI=1S/C34H23Si/c1-35(2)29-19-25-12-11-21-6-4-8-23-15-18-28(33(25)31(21)23)34(29)27-17-14-24-10-9-20-5-3-7-22-13-16-26(27)32(24)30(20)22/h3-19H,1-2H3. The Balaban J connectivity index is 1.60. The van der Waals surface area contributed by atoms with Crippen LogP contribution in [0.5, 0.6) is 0 Å². The van der Waals surface area contributed by atoms with Gasteiger partial charge >= 0.3 is 0 Å². The molecule has 8 aromatic carbocycles. The molecule has 1 heteroatoms. The van der Waals surface area contributed by atoms with Crippen LogP contribution >= 0.6 is 0 Å². The molecule has 8 rings (SSSR count). The van der Waals surface area contributed by atoms with E-state index in [0.29, 0.717) is 0 Å². The molecule has 0 spiro atoms. The maximum absolute atomic E-state index is 2.50. The normalized spacial score (nSPS) is 12.5. The molecule has 0 nitrogen and oxygen atoms in total. The molecule has 0 saturated heterocycles. The van der Waals surface area contributed by atoms with Gasteiger partial charge in [0.25, 0.3) is 0 Å². The fraction of sp³-hybridized carbons (Fsp3) is 0.0588. The Labute approximate surface area is 205 Å². The van der Waals surface area contributed by atoms with Crippen molar-refractivity contribution in [3.8, 4) is 11.1 Å². The Morgan fingerprint density at radius 3 is 1.49 bits per heavy atom. The van der Waals surface area contributed by atoms with Gasteiger partial charge in [0, 0.05) is 0 Å². The minimum absolute atomic E-state index is 0.705. The maximum Gasteiger partial charge on any atom is 0.0800 e. The van der Waals surface area contributed by atoms with Crippen LogP contribution in [-0.4, -0.2) is 8.80 Å². The molecule has 0 atom stereocenters. The van der Waals surface area contributed by atoms with Crippen molar-refractivity contribution in [2.75, 3.05) is 0 Å². The lowest BCUT2D eigenvalue weighted by molar-refractivity contribution is 1.73. The molecule has 0 unspecified atom stereocenters. The van der Waals surface area contributed by atoms with Crippen molar-refractivity contribution < 1.29 is 0 Å². The Kier molecular flexibility index (Phi) is 3.77. The van der Waals surface area contributed by atoms with E-state index in [9.17, 15) is 0 Å². The summed E-state index contributed by atoms with van der Waals surface area (Å²) in [5.41, 5.74) is 2.81. The predicted octanol–water partition coefficient (Wildman–Crippen LogP) is 9.11. The van der Waals surface area contributed by atoms with E-state index >= 15 is 0 Å². The zero-order valence-corrected chi connectivity index (χ0v) is 20.8. The topological polar surface area (TPSA) is 0 Å². The van der Waals surface area contributed by atoms with E-state index in [4.69, 9.17) is 0 Å². The average molecular weight is 460 g/mol. The summed E-state index contributed by atoms with van der Waals surface area (Å²) in [6, 6.07) is 39.1. The molecule has 0 N–H and O–H groups in total. The fourth-order valence-electron chi connectivity index (χ4n) is 6.45. The second kappa shape index (κ2) is 6.81. The van der Waals surface area contributed by atoms with E-state index in [-0.39, 0.29) is 0 Å². The number of hydrogen-bond donors (Lipinski definition) is 0. The molecule has 0 aliphatic heterocycles. The van der Waals surface area contributed by atoms with E-state index in [1.807, 2.05) is 0 Å². The number of hydrogen-bond acceptors (Lipinski definition) is 0. The van der Waals surface area contributed by atoms with E-state index in [2.05, 4.69) is 116 Å². The molecule has 163 valence electrons. The average Bonchev–Trinajstić information content (AvgIpc) is 2.90. The summed E-state index contributed by atoms with van der Waals surface area (Å²) in [6.07, 6.45) is 0. The summed E-state index contributed by atoms with van der Waals surface area (Å²) < 4.78 is 0. The summed E-state index contributed by atoms with van der Waals surface area (Å²) in [7, 11) is -0.705. The van der Waals surface area contributed by atoms with Gasteiger partial charge in [0.05, 0.1) is 8.80 Å². The molecule has 0 saturated carbocycles. The van der Waals surface area contributed by atoms with Gasteiger partial charge in [0.15, 0.2) is 0 Å². The zero-order chi connectivity index (χ0) is 23.3. The van der Waals surface area contributed by atoms with Crippen LogP contribution in [0.2, 0.25) is 13.1 Å². The first-order chi connectivity index (χ1) is 17.2. The van der Waals surface area contributed by atoms with Crippen LogP contribution in [0.3, 0.4) is 0 Å². The molecule has 35 heavy (non-hydrogen) atoms. The molecule has 1 radical (unpaired) electrons. The van der Waals surface area contributed by atoms with Crippen LogP contribution in [0.1, 0.15) is 0 Å². The lowest BCUT2D eigenvalue weighted by Gasteiger charge is -2.22. The van der Waals surface area contributed by atoms with Gasteiger partial charge in [-0.25, -0.2) is 0 Å². The molecule has 0 amide bonds. The van der Waals surface area contributed by atoms with Gasteiger partial charge < -0.3 is 0 Å². The van der Waals surface area contributed by atoms with Gasteiger partial charge in [-0.05, 0) is 75.8 Å². The lowest BCUT2D eigenvalue weighted by atomic mass is 9.86. The highest BCUT2D eigenvalue weighted by Gasteiger charge is 2.20. The van der Waals surface area contributed by atoms with Crippen LogP contribution in [0.25, 0.3) is 75.8 Å². The van der Waals surface area contributed by atoms with Crippen LogP contribution in [0.15, 0.2) is 103 Å². The van der Waals surface area contributed by atoms with Gasteiger partial charge in [0.2, 0.25) is 0 Å². The first kappa shape index (κ1) is 19.4. The monoisotopic (exact) mass is 459 g/mol. The third-order valence-electron chi connectivity index (χ3n) is 7.98. The number of rotatable bonds is 2. The lowest BCUT2D eigenvalue weighted by Crippen LogP contribution is -2.25. The molecule has 0 aliphatic carbocycles. The van der Waals surface area contributed by atoms with Gasteiger partial charge in [-0.2, -0.15) is 0 Å². The number of benzene rings is 8. The molecule has 0 fully saturated rings. The van der Waals surface area contributed by atoms with Gasteiger partial charge in [0.1, 0.15) is 0 Å². The van der Waals surface area contributed by atoms with E-state index in [1.54, 1.807) is 0 Å². The SMILES string of the molecule is C[Si](C)c1cc2ccc3cccc4ccc(c1-c1ccc5ccc6cccc7ccc1c5c67)c2c34. The molecular weight excluding hydrogens is 436 g/mol. The van der Waals surface area contributed by atoms with Gasteiger partial charge in [-0.3, -0.25) is 0 Å². The molecule has 0 bridgehead atoms. The quantitative estimate of drug-likeness (QED) is 0.179. The molecule has 0 aliphatic rings.